The molecule has 1 rings (SSSR count). The summed E-state index contributed by atoms with van der Waals surface area (Å²) in [7, 11) is 0. The molecule has 1 aliphatic rings. The molecule has 0 bridgehead atoms. The molecule has 13 heavy (non-hydrogen) atoms. The molecule has 1 nitrogen and oxygen atoms in total. The van der Waals surface area contributed by atoms with Crippen LogP contribution in [0, 0.1) is 11.3 Å². The SMILES string of the molecule is CC1C=C(C(C)(C)O)CCC1(C)C. The van der Waals surface area contributed by atoms with Crippen molar-refractivity contribution >= 4 is 0 Å². The Labute approximate surface area is 81.9 Å². The van der Waals surface area contributed by atoms with Crippen LogP contribution in [-0.2, 0) is 0 Å². The zero-order valence-electron chi connectivity index (χ0n) is 9.52. The Morgan fingerprint density at radius 1 is 1.46 bits per heavy atom. The third-order valence-electron chi connectivity index (χ3n) is 3.51. The molecule has 1 unspecified atom stereocenters. The van der Waals surface area contributed by atoms with Crippen LogP contribution in [0.25, 0.3) is 0 Å². The normalized spacial score (nSPS) is 28.5. The van der Waals surface area contributed by atoms with Gasteiger partial charge in [0.25, 0.3) is 0 Å². The zero-order valence-corrected chi connectivity index (χ0v) is 9.52. The fourth-order valence-electron chi connectivity index (χ4n) is 1.81. The molecule has 0 radical (unpaired) electrons. The van der Waals surface area contributed by atoms with Gasteiger partial charge in [0.05, 0.1) is 5.60 Å². The highest BCUT2D eigenvalue weighted by molar-refractivity contribution is 5.19. The van der Waals surface area contributed by atoms with Gasteiger partial charge in [0.1, 0.15) is 0 Å². The maximum absolute atomic E-state index is 9.86. The minimum absolute atomic E-state index is 0.398. The van der Waals surface area contributed by atoms with Gasteiger partial charge in [0.2, 0.25) is 0 Å². The largest absolute Gasteiger partial charge is 0.386 e. The monoisotopic (exact) mass is 182 g/mol. The average molecular weight is 182 g/mol. The smallest absolute Gasteiger partial charge is 0.0800 e. The zero-order chi connectivity index (χ0) is 10.3. The molecule has 0 aromatic rings. The van der Waals surface area contributed by atoms with Gasteiger partial charge in [0.15, 0.2) is 0 Å². The lowest BCUT2D eigenvalue weighted by molar-refractivity contribution is 0.103. The van der Waals surface area contributed by atoms with E-state index >= 15 is 0 Å². The maximum atomic E-state index is 9.86. The van der Waals surface area contributed by atoms with E-state index in [0.29, 0.717) is 11.3 Å². The van der Waals surface area contributed by atoms with Gasteiger partial charge in [-0.3, -0.25) is 0 Å². The van der Waals surface area contributed by atoms with E-state index in [-0.39, 0.29) is 0 Å². The van der Waals surface area contributed by atoms with Crippen molar-refractivity contribution in [3.8, 4) is 0 Å². The van der Waals surface area contributed by atoms with E-state index in [0.717, 1.165) is 6.42 Å². The Hall–Kier alpha value is -0.300. The van der Waals surface area contributed by atoms with Crippen LogP contribution in [0.1, 0.15) is 47.5 Å². The van der Waals surface area contributed by atoms with Crippen LogP contribution >= 0.6 is 0 Å². The first-order valence-electron chi connectivity index (χ1n) is 5.17. The summed E-state index contributed by atoms with van der Waals surface area (Å²) in [4.78, 5) is 0. The maximum Gasteiger partial charge on any atom is 0.0800 e. The molecular formula is C12H22O. The molecule has 0 saturated heterocycles. The molecular weight excluding hydrogens is 160 g/mol. The molecule has 0 aromatic heterocycles. The number of allylic oxidation sites excluding steroid dienone is 1. The Balaban J connectivity index is 2.85. The lowest BCUT2D eigenvalue weighted by atomic mass is 9.69. The second kappa shape index (κ2) is 3.13. The van der Waals surface area contributed by atoms with Crippen molar-refractivity contribution < 1.29 is 5.11 Å². The van der Waals surface area contributed by atoms with Crippen molar-refractivity contribution in [1.82, 2.24) is 0 Å². The second-order valence-corrected chi connectivity index (χ2v) is 5.53. The molecule has 0 aromatic carbocycles. The fraction of sp³-hybridized carbons (Fsp3) is 0.833. The molecule has 1 heteroatoms. The Morgan fingerprint density at radius 3 is 2.38 bits per heavy atom. The highest BCUT2D eigenvalue weighted by Crippen LogP contribution is 2.41. The number of aliphatic hydroxyl groups is 1. The highest BCUT2D eigenvalue weighted by Gasteiger charge is 2.32. The summed E-state index contributed by atoms with van der Waals surface area (Å²) in [5.41, 5.74) is 0.985. The molecule has 1 N–H and O–H groups in total. The van der Waals surface area contributed by atoms with Crippen molar-refractivity contribution in [3.63, 3.8) is 0 Å². The van der Waals surface area contributed by atoms with E-state index in [1.165, 1.54) is 12.0 Å². The van der Waals surface area contributed by atoms with Gasteiger partial charge in [-0.25, -0.2) is 0 Å². The molecule has 1 atom stereocenters. The Kier molecular flexibility index (Phi) is 2.59. The molecule has 0 amide bonds. The standard InChI is InChI=1S/C12H22O/c1-9-8-10(12(4,5)13)6-7-11(9,2)3/h8-9,13H,6-7H2,1-5H3. The van der Waals surface area contributed by atoms with Crippen LogP contribution in [0.3, 0.4) is 0 Å². The third-order valence-corrected chi connectivity index (χ3v) is 3.51. The van der Waals surface area contributed by atoms with Crippen LogP contribution in [-0.4, -0.2) is 10.7 Å². The average Bonchev–Trinajstić information content (AvgIpc) is 1.92. The minimum atomic E-state index is -0.620. The van der Waals surface area contributed by atoms with Crippen molar-refractivity contribution in [2.45, 2.75) is 53.1 Å². The van der Waals surface area contributed by atoms with E-state index in [4.69, 9.17) is 0 Å². The predicted octanol–water partition coefficient (Wildman–Crippen LogP) is 3.14. The fourth-order valence-corrected chi connectivity index (χ4v) is 1.81. The Bertz CT molecular complexity index is 218. The molecule has 0 spiro atoms. The summed E-state index contributed by atoms with van der Waals surface area (Å²) in [5, 5.41) is 9.86. The van der Waals surface area contributed by atoms with E-state index in [9.17, 15) is 5.11 Å². The van der Waals surface area contributed by atoms with Crippen molar-refractivity contribution in [2.75, 3.05) is 0 Å². The van der Waals surface area contributed by atoms with Crippen molar-refractivity contribution in [3.05, 3.63) is 11.6 Å². The first kappa shape index (κ1) is 10.8. The molecule has 1 aliphatic carbocycles. The van der Waals surface area contributed by atoms with Crippen LogP contribution in [0.2, 0.25) is 0 Å². The lowest BCUT2D eigenvalue weighted by Crippen LogP contribution is -2.31. The van der Waals surface area contributed by atoms with Crippen molar-refractivity contribution in [2.24, 2.45) is 11.3 Å². The van der Waals surface area contributed by atoms with Crippen LogP contribution < -0.4 is 0 Å². The third kappa shape index (κ3) is 2.34. The van der Waals surface area contributed by atoms with E-state index in [1.54, 1.807) is 0 Å². The summed E-state index contributed by atoms with van der Waals surface area (Å²) in [5.74, 6) is 0.572. The van der Waals surface area contributed by atoms with Crippen LogP contribution in [0.5, 0.6) is 0 Å². The van der Waals surface area contributed by atoms with Gasteiger partial charge in [-0.2, -0.15) is 0 Å². The lowest BCUT2D eigenvalue weighted by Gasteiger charge is -2.38. The molecule has 0 heterocycles. The number of rotatable bonds is 1. The summed E-state index contributed by atoms with van der Waals surface area (Å²) in [6.45, 7) is 10.6. The number of hydrogen-bond donors (Lipinski definition) is 1. The van der Waals surface area contributed by atoms with E-state index in [1.807, 2.05) is 13.8 Å². The first-order valence-corrected chi connectivity index (χ1v) is 5.17. The highest BCUT2D eigenvalue weighted by atomic mass is 16.3. The summed E-state index contributed by atoms with van der Waals surface area (Å²) in [6.07, 6.45) is 4.48. The second-order valence-electron chi connectivity index (χ2n) is 5.53. The van der Waals surface area contributed by atoms with Crippen LogP contribution in [0.4, 0.5) is 0 Å². The Morgan fingerprint density at radius 2 is 2.00 bits per heavy atom. The molecule has 0 aliphatic heterocycles. The molecule has 76 valence electrons. The number of hydrogen-bond acceptors (Lipinski definition) is 1. The quantitative estimate of drug-likeness (QED) is 0.618. The summed E-state index contributed by atoms with van der Waals surface area (Å²) in [6, 6.07) is 0. The van der Waals surface area contributed by atoms with Gasteiger partial charge in [-0.1, -0.05) is 26.8 Å². The van der Waals surface area contributed by atoms with Gasteiger partial charge in [0, 0.05) is 0 Å². The van der Waals surface area contributed by atoms with Crippen LogP contribution in [0.15, 0.2) is 11.6 Å². The van der Waals surface area contributed by atoms with E-state index in [2.05, 4.69) is 26.8 Å². The van der Waals surface area contributed by atoms with Gasteiger partial charge in [-0.15, -0.1) is 0 Å². The topological polar surface area (TPSA) is 20.2 Å². The summed E-state index contributed by atoms with van der Waals surface area (Å²) >= 11 is 0. The van der Waals surface area contributed by atoms with Crippen molar-refractivity contribution in [1.29, 1.82) is 0 Å². The van der Waals surface area contributed by atoms with Gasteiger partial charge in [-0.05, 0) is 43.6 Å². The van der Waals surface area contributed by atoms with Gasteiger partial charge >= 0.3 is 0 Å². The molecule has 0 fully saturated rings. The summed E-state index contributed by atoms with van der Waals surface area (Å²) < 4.78 is 0. The first-order chi connectivity index (χ1) is 5.73. The van der Waals surface area contributed by atoms with E-state index < -0.39 is 5.60 Å². The van der Waals surface area contributed by atoms with Gasteiger partial charge < -0.3 is 5.11 Å². The minimum Gasteiger partial charge on any atom is -0.386 e. The molecule has 0 saturated carbocycles. The predicted molar refractivity (Wildman–Crippen MR) is 56.6 cm³/mol.